The quantitative estimate of drug-likeness (QED) is 0.928. The van der Waals surface area contributed by atoms with Crippen molar-refractivity contribution in [3.05, 3.63) is 29.6 Å². The third-order valence-corrected chi connectivity index (χ3v) is 3.68. The molecule has 2 atom stereocenters. The second-order valence-corrected chi connectivity index (χ2v) is 5.13. The van der Waals surface area contributed by atoms with Crippen LogP contribution in [-0.2, 0) is 6.54 Å². The number of nitrogens with zero attached hydrogens (tertiary/aromatic N) is 1. The van der Waals surface area contributed by atoms with Crippen LogP contribution in [0.3, 0.4) is 0 Å². The molecule has 1 aromatic carbocycles. The number of rotatable bonds is 3. The van der Waals surface area contributed by atoms with E-state index >= 15 is 0 Å². The first-order chi connectivity index (χ1) is 8.60. The molecular formula is C14H22ClFN2O. The van der Waals surface area contributed by atoms with Crippen molar-refractivity contribution in [2.24, 2.45) is 11.7 Å². The highest BCUT2D eigenvalue weighted by atomic mass is 35.5. The van der Waals surface area contributed by atoms with Gasteiger partial charge < -0.3 is 10.5 Å². The van der Waals surface area contributed by atoms with Crippen LogP contribution < -0.4 is 10.5 Å². The predicted octanol–water partition coefficient (Wildman–Crippen LogP) is 2.43. The number of methoxy groups -OCH3 is 1. The van der Waals surface area contributed by atoms with E-state index in [1.165, 1.54) is 7.11 Å². The molecule has 3 nitrogen and oxygen atoms in total. The number of hydrogen-bond acceptors (Lipinski definition) is 3. The summed E-state index contributed by atoms with van der Waals surface area (Å²) < 4.78 is 18.5. The SMILES string of the molecule is COc1ccc(CN2CCC(N)C(C)C2)cc1F.Cl. The van der Waals surface area contributed by atoms with Gasteiger partial charge in [0, 0.05) is 19.1 Å². The number of benzene rings is 1. The summed E-state index contributed by atoms with van der Waals surface area (Å²) in [5.74, 6) is 0.506. The van der Waals surface area contributed by atoms with E-state index in [4.69, 9.17) is 10.5 Å². The molecule has 0 spiro atoms. The van der Waals surface area contributed by atoms with Crippen molar-refractivity contribution < 1.29 is 9.13 Å². The first kappa shape index (κ1) is 16.2. The van der Waals surface area contributed by atoms with E-state index in [9.17, 15) is 4.39 Å². The van der Waals surface area contributed by atoms with Gasteiger partial charge in [0.25, 0.3) is 0 Å². The second kappa shape index (κ2) is 7.08. The van der Waals surface area contributed by atoms with Crippen LogP contribution in [-0.4, -0.2) is 31.1 Å². The topological polar surface area (TPSA) is 38.5 Å². The standard InChI is InChI=1S/C14H21FN2O.ClH/c1-10-8-17(6-5-13(10)16)9-11-3-4-14(18-2)12(15)7-11;/h3-4,7,10,13H,5-6,8-9,16H2,1-2H3;1H. The van der Waals surface area contributed by atoms with E-state index in [0.29, 0.717) is 17.7 Å². The Morgan fingerprint density at radius 1 is 1.47 bits per heavy atom. The van der Waals surface area contributed by atoms with Crippen LogP contribution in [0.25, 0.3) is 0 Å². The van der Waals surface area contributed by atoms with Crippen molar-refractivity contribution in [3.8, 4) is 5.75 Å². The largest absolute Gasteiger partial charge is 0.494 e. The molecule has 0 amide bonds. The molecule has 19 heavy (non-hydrogen) atoms. The highest BCUT2D eigenvalue weighted by molar-refractivity contribution is 5.85. The van der Waals surface area contributed by atoms with Gasteiger partial charge in [-0.25, -0.2) is 4.39 Å². The van der Waals surface area contributed by atoms with Crippen molar-refractivity contribution in [2.45, 2.75) is 25.9 Å². The Hall–Kier alpha value is -0.840. The van der Waals surface area contributed by atoms with Crippen LogP contribution in [0.5, 0.6) is 5.75 Å². The molecule has 1 aliphatic rings. The fraction of sp³-hybridized carbons (Fsp3) is 0.571. The summed E-state index contributed by atoms with van der Waals surface area (Å²) in [5, 5.41) is 0. The zero-order valence-corrected chi connectivity index (χ0v) is 12.3. The smallest absolute Gasteiger partial charge is 0.165 e. The normalized spacial score (nSPS) is 23.8. The summed E-state index contributed by atoms with van der Waals surface area (Å²) in [4.78, 5) is 2.33. The second-order valence-electron chi connectivity index (χ2n) is 5.13. The summed E-state index contributed by atoms with van der Waals surface area (Å²) in [7, 11) is 1.48. The molecule has 1 heterocycles. The van der Waals surface area contributed by atoms with Gasteiger partial charge in [-0.15, -0.1) is 12.4 Å². The van der Waals surface area contributed by atoms with Crippen LogP contribution in [0.1, 0.15) is 18.9 Å². The molecule has 0 aromatic heterocycles. The minimum absolute atomic E-state index is 0. The van der Waals surface area contributed by atoms with Crippen molar-refractivity contribution >= 4 is 12.4 Å². The Kier molecular flexibility index (Phi) is 6.04. The highest BCUT2D eigenvalue weighted by Crippen LogP contribution is 2.21. The summed E-state index contributed by atoms with van der Waals surface area (Å²) in [6, 6.07) is 5.46. The third-order valence-electron chi connectivity index (χ3n) is 3.68. The van der Waals surface area contributed by atoms with E-state index < -0.39 is 0 Å². The summed E-state index contributed by atoms with van der Waals surface area (Å²) >= 11 is 0. The van der Waals surface area contributed by atoms with E-state index in [1.54, 1.807) is 12.1 Å². The first-order valence-corrected chi connectivity index (χ1v) is 6.40. The van der Waals surface area contributed by atoms with Gasteiger partial charge in [-0.1, -0.05) is 13.0 Å². The van der Waals surface area contributed by atoms with E-state index in [2.05, 4.69) is 11.8 Å². The molecule has 0 radical (unpaired) electrons. The number of piperidine rings is 1. The Morgan fingerprint density at radius 3 is 2.79 bits per heavy atom. The molecule has 2 N–H and O–H groups in total. The van der Waals surface area contributed by atoms with E-state index in [0.717, 1.165) is 31.6 Å². The van der Waals surface area contributed by atoms with Gasteiger partial charge in [-0.3, -0.25) is 4.90 Å². The number of halogens is 2. The minimum Gasteiger partial charge on any atom is -0.494 e. The molecule has 0 aliphatic carbocycles. The molecule has 1 fully saturated rings. The zero-order chi connectivity index (χ0) is 13.1. The maximum absolute atomic E-state index is 13.6. The summed E-state index contributed by atoms with van der Waals surface area (Å²) in [6.45, 7) is 4.91. The minimum atomic E-state index is -0.295. The predicted molar refractivity (Wildman–Crippen MR) is 77.2 cm³/mol. The molecule has 2 rings (SSSR count). The van der Waals surface area contributed by atoms with Gasteiger partial charge in [0.05, 0.1) is 7.11 Å². The molecule has 1 aliphatic heterocycles. The molecule has 0 saturated carbocycles. The Morgan fingerprint density at radius 2 is 2.21 bits per heavy atom. The van der Waals surface area contributed by atoms with Crippen molar-refractivity contribution in [2.75, 3.05) is 20.2 Å². The van der Waals surface area contributed by atoms with Crippen molar-refractivity contribution in [1.29, 1.82) is 0 Å². The van der Waals surface area contributed by atoms with Gasteiger partial charge >= 0.3 is 0 Å². The van der Waals surface area contributed by atoms with Gasteiger partial charge in [-0.2, -0.15) is 0 Å². The molecular weight excluding hydrogens is 267 g/mol. The van der Waals surface area contributed by atoms with Gasteiger partial charge in [0.2, 0.25) is 0 Å². The Bertz CT molecular complexity index is 416. The molecule has 5 heteroatoms. The number of nitrogens with two attached hydrogens (primary N) is 1. The fourth-order valence-corrected chi connectivity index (χ4v) is 2.46. The fourth-order valence-electron chi connectivity index (χ4n) is 2.46. The lowest BCUT2D eigenvalue weighted by atomic mass is 9.94. The molecule has 0 bridgehead atoms. The van der Waals surface area contributed by atoms with Gasteiger partial charge in [0.1, 0.15) is 0 Å². The van der Waals surface area contributed by atoms with Crippen LogP contribution in [0, 0.1) is 11.7 Å². The number of hydrogen-bond donors (Lipinski definition) is 1. The van der Waals surface area contributed by atoms with Gasteiger partial charge in [-0.05, 0) is 36.6 Å². The lowest BCUT2D eigenvalue weighted by Gasteiger charge is -2.35. The van der Waals surface area contributed by atoms with Gasteiger partial charge in [0.15, 0.2) is 11.6 Å². The zero-order valence-electron chi connectivity index (χ0n) is 11.4. The molecule has 108 valence electrons. The Balaban J connectivity index is 0.00000180. The van der Waals surface area contributed by atoms with Crippen molar-refractivity contribution in [1.82, 2.24) is 4.90 Å². The van der Waals surface area contributed by atoms with Crippen molar-refractivity contribution in [3.63, 3.8) is 0 Å². The Labute approximate surface area is 120 Å². The third kappa shape index (κ3) is 4.06. The maximum atomic E-state index is 13.6. The van der Waals surface area contributed by atoms with Crippen LogP contribution >= 0.6 is 12.4 Å². The van der Waals surface area contributed by atoms with Crippen LogP contribution in [0.2, 0.25) is 0 Å². The lowest BCUT2D eigenvalue weighted by Crippen LogP contribution is -2.45. The van der Waals surface area contributed by atoms with E-state index in [1.807, 2.05) is 6.07 Å². The summed E-state index contributed by atoms with van der Waals surface area (Å²) in [6.07, 6.45) is 1.01. The average molecular weight is 289 g/mol. The van der Waals surface area contributed by atoms with E-state index in [-0.39, 0.29) is 18.2 Å². The van der Waals surface area contributed by atoms with Crippen LogP contribution in [0.15, 0.2) is 18.2 Å². The monoisotopic (exact) mass is 288 g/mol. The van der Waals surface area contributed by atoms with Crippen LogP contribution in [0.4, 0.5) is 4.39 Å². The number of ether oxygens (including phenoxy) is 1. The molecule has 2 unspecified atom stereocenters. The molecule has 1 aromatic rings. The average Bonchev–Trinajstić information content (AvgIpc) is 2.34. The highest BCUT2D eigenvalue weighted by Gasteiger charge is 2.23. The maximum Gasteiger partial charge on any atom is 0.165 e. The lowest BCUT2D eigenvalue weighted by molar-refractivity contribution is 0.157. The summed E-state index contributed by atoms with van der Waals surface area (Å²) in [5.41, 5.74) is 6.98. The molecule has 1 saturated heterocycles. The number of likely N-dealkylation sites (tertiary alicyclic amines) is 1. The first-order valence-electron chi connectivity index (χ1n) is 6.40.